The summed E-state index contributed by atoms with van der Waals surface area (Å²) in [4.78, 5) is 11.2. The van der Waals surface area contributed by atoms with E-state index in [2.05, 4.69) is 20.5 Å². The first-order chi connectivity index (χ1) is 13.2. The van der Waals surface area contributed by atoms with Gasteiger partial charge in [-0.2, -0.15) is 5.10 Å². The van der Waals surface area contributed by atoms with Crippen LogP contribution in [-0.4, -0.2) is 35.5 Å². The van der Waals surface area contributed by atoms with E-state index in [-0.39, 0.29) is 5.75 Å². The molecule has 3 aromatic rings. The number of anilines is 1. The van der Waals surface area contributed by atoms with Crippen molar-refractivity contribution in [2.75, 3.05) is 19.6 Å². The van der Waals surface area contributed by atoms with Crippen LogP contribution in [0, 0.1) is 0 Å². The average molecular weight is 384 g/mol. The van der Waals surface area contributed by atoms with Crippen LogP contribution < -0.4 is 14.9 Å². The first kappa shape index (κ1) is 17.5. The highest BCUT2D eigenvalue weighted by molar-refractivity contribution is 7.19. The largest absolute Gasteiger partial charge is 0.502 e. The van der Waals surface area contributed by atoms with E-state index in [1.165, 1.54) is 37.5 Å². The number of phenolic OH excluding ortho intramolecular Hbond substituents is 1. The Labute approximate surface area is 160 Å². The van der Waals surface area contributed by atoms with E-state index in [0.717, 1.165) is 28.6 Å². The van der Waals surface area contributed by atoms with Crippen LogP contribution in [0.15, 0.2) is 23.6 Å². The molecule has 8 heteroatoms. The Bertz CT molecular complexity index is 991. The van der Waals surface area contributed by atoms with E-state index in [1.807, 2.05) is 0 Å². The molecule has 2 N–H and O–H groups in total. The highest BCUT2D eigenvalue weighted by atomic mass is 32.1. The fraction of sp³-hybridized carbons (Fsp3) is 0.316. The van der Waals surface area contributed by atoms with Crippen LogP contribution in [0.5, 0.6) is 17.2 Å². The van der Waals surface area contributed by atoms with Gasteiger partial charge in [0.1, 0.15) is 11.2 Å². The molecule has 2 aromatic heterocycles. The number of ether oxygens (including phenoxy) is 2. The molecule has 0 fully saturated rings. The Balaban J connectivity index is 1.63. The van der Waals surface area contributed by atoms with Crippen molar-refractivity contribution in [2.24, 2.45) is 5.10 Å². The monoisotopic (exact) mass is 384 g/mol. The van der Waals surface area contributed by atoms with Crippen LogP contribution in [0.1, 0.15) is 28.8 Å². The number of nitrogens with one attached hydrogen (secondary N) is 1. The summed E-state index contributed by atoms with van der Waals surface area (Å²) < 4.78 is 10.3. The van der Waals surface area contributed by atoms with E-state index in [1.54, 1.807) is 36.0 Å². The minimum atomic E-state index is -0.0347. The van der Waals surface area contributed by atoms with Crippen LogP contribution in [0.4, 0.5) is 5.82 Å². The summed E-state index contributed by atoms with van der Waals surface area (Å²) in [5, 5.41) is 15.4. The van der Waals surface area contributed by atoms with E-state index in [9.17, 15) is 5.11 Å². The second-order valence-corrected chi connectivity index (χ2v) is 7.34. The van der Waals surface area contributed by atoms with Crippen molar-refractivity contribution in [3.05, 3.63) is 34.5 Å². The maximum Gasteiger partial charge on any atom is 0.200 e. The Morgan fingerprint density at radius 3 is 2.63 bits per heavy atom. The topological polar surface area (TPSA) is 88.9 Å². The number of hydrogen-bond acceptors (Lipinski definition) is 8. The molecule has 0 saturated carbocycles. The van der Waals surface area contributed by atoms with Crippen LogP contribution in [0.2, 0.25) is 0 Å². The second-order valence-electron chi connectivity index (χ2n) is 6.26. The van der Waals surface area contributed by atoms with Gasteiger partial charge in [0.2, 0.25) is 5.75 Å². The third kappa shape index (κ3) is 3.28. The summed E-state index contributed by atoms with van der Waals surface area (Å²) in [6.45, 7) is 0. The number of fused-ring (bicyclic) bond motifs is 3. The Morgan fingerprint density at radius 1 is 1.15 bits per heavy atom. The Kier molecular flexibility index (Phi) is 4.81. The van der Waals surface area contributed by atoms with Gasteiger partial charge in [-0.25, -0.2) is 9.97 Å². The molecule has 0 saturated heterocycles. The zero-order valence-electron chi connectivity index (χ0n) is 15.2. The van der Waals surface area contributed by atoms with E-state index in [0.29, 0.717) is 17.3 Å². The number of thiophene rings is 1. The first-order valence-electron chi connectivity index (χ1n) is 8.70. The van der Waals surface area contributed by atoms with E-state index < -0.39 is 0 Å². The zero-order valence-corrected chi connectivity index (χ0v) is 16.0. The number of rotatable bonds is 5. The molecule has 1 aliphatic carbocycles. The molecule has 0 amide bonds. The van der Waals surface area contributed by atoms with E-state index in [4.69, 9.17) is 9.47 Å². The van der Waals surface area contributed by atoms with Gasteiger partial charge in [0.05, 0.1) is 25.8 Å². The first-order valence-corrected chi connectivity index (χ1v) is 9.52. The number of aromatic nitrogens is 2. The molecule has 7 nitrogen and oxygen atoms in total. The summed E-state index contributed by atoms with van der Waals surface area (Å²) in [6, 6.07) is 3.37. The third-order valence-electron chi connectivity index (χ3n) is 4.64. The predicted octanol–water partition coefficient (Wildman–Crippen LogP) is 3.74. The van der Waals surface area contributed by atoms with Crippen molar-refractivity contribution in [1.82, 2.24) is 9.97 Å². The Hall–Kier alpha value is -2.87. The summed E-state index contributed by atoms with van der Waals surface area (Å²) in [5.74, 6) is 1.33. The normalized spacial score (nSPS) is 13.7. The van der Waals surface area contributed by atoms with Crippen molar-refractivity contribution in [3.63, 3.8) is 0 Å². The lowest BCUT2D eigenvalue weighted by Crippen LogP contribution is -2.01. The van der Waals surface area contributed by atoms with Gasteiger partial charge < -0.3 is 14.6 Å². The lowest BCUT2D eigenvalue weighted by Gasteiger charge is -2.11. The second kappa shape index (κ2) is 7.40. The minimum absolute atomic E-state index is 0.0347. The third-order valence-corrected chi connectivity index (χ3v) is 5.84. The molecule has 0 atom stereocenters. The number of hydrogen-bond donors (Lipinski definition) is 2. The van der Waals surface area contributed by atoms with Crippen LogP contribution in [0.3, 0.4) is 0 Å². The van der Waals surface area contributed by atoms with Crippen molar-refractivity contribution < 1.29 is 14.6 Å². The smallest absolute Gasteiger partial charge is 0.200 e. The van der Waals surface area contributed by atoms with Gasteiger partial charge in [0.15, 0.2) is 17.3 Å². The van der Waals surface area contributed by atoms with Crippen LogP contribution >= 0.6 is 11.3 Å². The molecule has 0 aliphatic heterocycles. The molecular weight excluding hydrogens is 364 g/mol. The fourth-order valence-electron chi connectivity index (χ4n) is 3.33. The molecule has 0 spiro atoms. The van der Waals surface area contributed by atoms with Gasteiger partial charge in [0.25, 0.3) is 0 Å². The summed E-state index contributed by atoms with van der Waals surface area (Å²) in [5.41, 5.74) is 5.13. The van der Waals surface area contributed by atoms with Gasteiger partial charge in [-0.3, -0.25) is 5.43 Å². The number of benzene rings is 1. The van der Waals surface area contributed by atoms with Crippen molar-refractivity contribution >= 4 is 33.6 Å². The summed E-state index contributed by atoms with van der Waals surface area (Å²) in [7, 11) is 2.98. The molecule has 140 valence electrons. The van der Waals surface area contributed by atoms with Crippen molar-refractivity contribution in [1.29, 1.82) is 0 Å². The molecule has 1 aromatic carbocycles. The molecule has 0 bridgehead atoms. The number of phenols is 1. The average Bonchev–Trinajstić information content (AvgIpc) is 3.08. The lowest BCUT2D eigenvalue weighted by molar-refractivity contribution is 0.340. The summed E-state index contributed by atoms with van der Waals surface area (Å²) >= 11 is 1.75. The lowest BCUT2D eigenvalue weighted by atomic mass is 9.97. The van der Waals surface area contributed by atoms with Gasteiger partial charge in [-0.05, 0) is 43.4 Å². The van der Waals surface area contributed by atoms with Crippen molar-refractivity contribution in [3.8, 4) is 17.2 Å². The standard InChI is InChI=1S/C19H20N4O3S/c1-25-13-7-11(8-14(26-2)17(13)24)9-22-23-18-16-12-5-3-4-6-15(12)27-19(16)21-10-20-18/h7-10,24H,3-6H2,1-2H3,(H,20,21,23)/b22-9+. The minimum Gasteiger partial charge on any atom is -0.502 e. The molecule has 27 heavy (non-hydrogen) atoms. The van der Waals surface area contributed by atoms with Gasteiger partial charge in [-0.1, -0.05) is 0 Å². The molecule has 0 unspecified atom stereocenters. The summed E-state index contributed by atoms with van der Waals surface area (Å²) in [6.07, 6.45) is 7.81. The quantitative estimate of drug-likeness (QED) is 0.515. The number of aromatic hydroxyl groups is 1. The Morgan fingerprint density at radius 2 is 1.89 bits per heavy atom. The maximum atomic E-state index is 10.00. The van der Waals surface area contributed by atoms with Crippen LogP contribution in [-0.2, 0) is 12.8 Å². The highest BCUT2D eigenvalue weighted by Crippen LogP contribution is 2.38. The number of hydrazone groups is 1. The number of aryl methyl sites for hydroxylation is 2. The molecular formula is C19H20N4O3S. The molecule has 1 aliphatic rings. The van der Waals surface area contributed by atoms with E-state index >= 15 is 0 Å². The van der Waals surface area contributed by atoms with Crippen LogP contribution in [0.25, 0.3) is 10.2 Å². The number of methoxy groups -OCH3 is 2. The SMILES string of the molecule is COc1cc(/C=N/Nc2ncnc3sc4c(c23)CCCC4)cc(OC)c1O. The molecule has 2 heterocycles. The molecule has 0 radical (unpaired) electrons. The maximum absolute atomic E-state index is 10.00. The fourth-order valence-corrected chi connectivity index (χ4v) is 4.56. The zero-order chi connectivity index (χ0) is 18.8. The van der Waals surface area contributed by atoms with Gasteiger partial charge in [-0.15, -0.1) is 11.3 Å². The highest BCUT2D eigenvalue weighted by Gasteiger charge is 2.19. The van der Waals surface area contributed by atoms with Gasteiger partial charge >= 0.3 is 0 Å². The van der Waals surface area contributed by atoms with Crippen molar-refractivity contribution in [2.45, 2.75) is 25.7 Å². The number of nitrogens with zero attached hydrogens (tertiary/aromatic N) is 3. The molecule has 4 rings (SSSR count). The predicted molar refractivity (Wildman–Crippen MR) is 106 cm³/mol. The van der Waals surface area contributed by atoms with Gasteiger partial charge in [0, 0.05) is 10.4 Å².